The van der Waals surface area contributed by atoms with Crippen LogP contribution in [0.25, 0.3) is 0 Å². The van der Waals surface area contributed by atoms with Crippen LogP contribution in [-0.4, -0.2) is 49.8 Å². The van der Waals surface area contributed by atoms with Gasteiger partial charge in [-0.05, 0) is 12.8 Å². The summed E-state index contributed by atoms with van der Waals surface area (Å²) in [5, 5.41) is 0. The average Bonchev–Trinajstić information content (AvgIpc) is 2.27. The summed E-state index contributed by atoms with van der Waals surface area (Å²) in [4.78, 5) is 2.19. The number of nitrogens with zero attached hydrogens (tertiary/aromatic N) is 1. The summed E-state index contributed by atoms with van der Waals surface area (Å²) in [5.74, 6) is 1.03. The minimum atomic E-state index is -2.87. The van der Waals surface area contributed by atoms with Crippen LogP contribution in [0.1, 0.15) is 33.6 Å². The van der Waals surface area contributed by atoms with E-state index < -0.39 is 9.84 Å². The quantitative estimate of drug-likeness (QED) is 0.602. The third-order valence-electron chi connectivity index (χ3n) is 2.96. The van der Waals surface area contributed by atoms with Crippen molar-refractivity contribution in [1.82, 2.24) is 4.90 Å². The highest BCUT2D eigenvalue weighted by atomic mass is 35.5. The Bertz CT molecular complexity index is 263. The van der Waals surface area contributed by atoms with E-state index >= 15 is 0 Å². The monoisotopic (exact) mass is 269 g/mol. The van der Waals surface area contributed by atoms with Gasteiger partial charge in [-0.15, -0.1) is 11.6 Å². The molecule has 0 N–H and O–H groups in total. The van der Waals surface area contributed by atoms with Gasteiger partial charge in [-0.2, -0.15) is 0 Å². The van der Waals surface area contributed by atoms with Crippen molar-refractivity contribution in [3.05, 3.63) is 0 Å². The normalized spacial score (nSPS) is 12.6. The van der Waals surface area contributed by atoms with Gasteiger partial charge in [-0.3, -0.25) is 4.90 Å². The maximum Gasteiger partial charge on any atom is 0.151 e. The van der Waals surface area contributed by atoms with E-state index in [0.717, 1.165) is 19.4 Å². The first kappa shape index (κ1) is 16.2. The van der Waals surface area contributed by atoms with Crippen molar-refractivity contribution in [2.75, 3.05) is 30.5 Å². The molecule has 0 spiro atoms. The standard InChI is InChI=1S/C11H24ClNO2S/c1-4-11(5-2)13(8-7-12)9-10-16(14,15)6-3/h11H,4-10H2,1-3H3. The van der Waals surface area contributed by atoms with Crippen molar-refractivity contribution < 1.29 is 8.42 Å². The Kier molecular flexibility index (Phi) is 8.42. The molecule has 5 heteroatoms. The molecule has 0 saturated heterocycles. The van der Waals surface area contributed by atoms with Gasteiger partial charge in [0.2, 0.25) is 0 Å². The van der Waals surface area contributed by atoms with Gasteiger partial charge < -0.3 is 0 Å². The Morgan fingerprint density at radius 3 is 2.06 bits per heavy atom. The number of sulfone groups is 1. The molecule has 0 aromatic rings. The fourth-order valence-electron chi connectivity index (χ4n) is 1.79. The lowest BCUT2D eigenvalue weighted by molar-refractivity contribution is 0.208. The van der Waals surface area contributed by atoms with E-state index in [0.29, 0.717) is 18.5 Å². The minimum absolute atomic E-state index is 0.227. The van der Waals surface area contributed by atoms with Crippen molar-refractivity contribution in [3.63, 3.8) is 0 Å². The smallest absolute Gasteiger partial charge is 0.151 e. The Morgan fingerprint density at radius 2 is 1.69 bits per heavy atom. The molecule has 0 aliphatic carbocycles. The van der Waals surface area contributed by atoms with E-state index in [-0.39, 0.29) is 11.5 Å². The molecule has 0 aromatic heterocycles. The van der Waals surface area contributed by atoms with Gasteiger partial charge in [-0.1, -0.05) is 20.8 Å². The van der Waals surface area contributed by atoms with Crippen LogP contribution in [0.4, 0.5) is 0 Å². The van der Waals surface area contributed by atoms with Crippen LogP contribution in [0.15, 0.2) is 0 Å². The summed E-state index contributed by atoms with van der Waals surface area (Å²) in [7, 11) is -2.87. The number of hydrogen-bond donors (Lipinski definition) is 0. The van der Waals surface area contributed by atoms with E-state index in [9.17, 15) is 8.42 Å². The van der Waals surface area contributed by atoms with Crippen LogP contribution in [0.3, 0.4) is 0 Å². The van der Waals surface area contributed by atoms with Crippen LogP contribution in [0.2, 0.25) is 0 Å². The molecular weight excluding hydrogens is 246 g/mol. The highest BCUT2D eigenvalue weighted by Gasteiger charge is 2.17. The van der Waals surface area contributed by atoms with Gasteiger partial charge in [0.1, 0.15) is 0 Å². The van der Waals surface area contributed by atoms with Crippen LogP contribution in [0.5, 0.6) is 0 Å². The second-order valence-electron chi connectivity index (χ2n) is 3.93. The predicted octanol–water partition coefficient (Wildman–Crippen LogP) is 2.15. The molecule has 0 amide bonds. The molecule has 0 aliphatic heterocycles. The van der Waals surface area contributed by atoms with Crippen molar-refractivity contribution in [3.8, 4) is 0 Å². The van der Waals surface area contributed by atoms with E-state index in [1.54, 1.807) is 6.92 Å². The van der Waals surface area contributed by atoms with Crippen LogP contribution >= 0.6 is 11.6 Å². The second-order valence-corrected chi connectivity index (χ2v) is 6.78. The summed E-state index contributed by atoms with van der Waals surface area (Å²) < 4.78 is 22.9. The summed E-state index contributed by atoms with van der Waals surface area (Å²) in [6.07, 6.45) is 2.08. The van der Waals surface area contributed by atoms with Gasteiger partial charge in [-0.25, -0.2) is 8.42 Å². The van der Waals surface area contributed by atoms with Gasteiger partial charge in [0.15, 0.2) is 9.84 Å². The molecular formula is C11H24ClNO2S. The van der Waals surface area contributed by atoms with E-state index in [1.807, 2.05) is 0 Å². The maximum absolute atomic E-state index is 11.4. The number of rotatable bonds is 9. The number of alkyl halides is 1. The van der Waals surface area contributed by atoms with Crippen molar-refractivity contribution in [2.24, 2.45) is 0 Å². The van der Waals surface area contributed by atoms with E-state index in [2.05, 4.69) is 18.7 Å². The topological polar surface area (TPSA) is 37.4 Å². The predicted molar refractivity (Wildman–Crippen MR) is 71.0 cm³/mol. The van der Waals surface area contributed by atoms with Gasteiger partial charge in [0.25, 0.3) is 0 Å². The van der Waals surface area contributed by atoms with Gasteiger partial charge in [0, 0.05) is 30.8 Å². The maximum atomic E-state index is 11.4. The summed E-state index contributed by atoms with van der Waals surface area (Å²) >= 11 is 5.75. The largest absolute Gasteiger partial charge is 0.298 e. The summed E-state index contributed by atoms with van der Waals surface area (Å²) in [5.41, 5.74) is 0. The molecule has 0 bridgehead atoms. The fourth-order valence-corrected chi connectivity index (χ4v) is 2.81. The average molecular weight is 270 g/mol. The zero-order valence-electron chi connectivity index (χ0n) is 10.6. The Hall–Kier alpha value is 0.200. The Morgan fingerprint density at radius 1 is 1.12 bits per heavy atom. The van der Waals surface area contributed by atoms with Crippen LogP contribution < -0.4 is 0 Å². The van der Waals surface area contributed by atoms with Crippen LogP contribution in [-0.2, 0) is 9.84 Å². The lowest BCUT2D eigenvalue weighted by Gasteiger charge is -2.29. The van der Waals surface area contributed by atoms with Gasteiger partial charge in [0.05, 0.1) is 5.75 Å². The SMILES string of the molecule is CCC(CC)N(CCCl)CCS(=O)(=O)CC. The molecule has 0 heterocycles. The lowest BCUT2D eigenvalue weighted by atomic mass is 10.1. The lowest BCUT2D eigenvalue weighted by Crippen LogP contribution is -2.39. The first-order valence-corrected chi connectivity index (χ1v) is 8.36. The van der Waals surface area contributed by atoms with E-state index in [4.69, 9.17) is 11.6 Å². The third kappa shape index (κ3) is 6.06. The molecule has 0 radical (unpaired) electrons. The molecule has 16 heavy (non-hydrogen) atoms. The zero-order chi connectivity index (χ0) is 12.6. The summed E-state index contributed by atoms with van der Waals surface area (Å²) in [6.45, 7) is 7.33. The molecule has 0 aliphatic rings. The molecule has 0 unspecified atom stereocenters. The second kappa shape index (κ2) is 8.31. The Balaban J connectivity index is 4.33. The van der Waals surface area contributed by atoms with Crippen molar-refractivity contribution in [2.45, 2.75) is 39.7 Å². The summed E-state index contributed by atoms with van der Waals surface area (Å²) in [6, 6.07) is 0.450. The molecule has 98 valence electrons. The van der Waals surface area contributed by atoms with Crippen molar-refractivity contribution in [1.29, 1.82) is 0 Å². The van der Waals surface area contributed by atoms with Gasteiger partial charge >= 0.3 is 0 Å². The highest BCUT2D eigenvalue weighted by Crippen LogP contribution is 2.09. The molecule has 0 atom stereocenters. The first-order chi connectivity index (χ1) is 7.50. The first-order valence-electron chi connectivity index (χ1n) is 6.01. The third-order valence-corrected chi connectivity index (χ3v) is 4.81. The number of hydrogen-bond acceptors (Lipinski definition) is 3. The van der Waals surface area contributed by atoms with E-state index in [1.165, 1.54) is 0 Å². The molecule has 0 saturated carbocycles. The van der Waals surface area contributed by atoms with Crippen molar-refractivity contribution >= 4 is 21.4 Å². The molecule has 3 nitrogen and oxygen atoms in total. The zero-order valence-corrected chi connectivity index (χ0v) is 12.1. The molecule has 0 rings (SSSR count). The molecule has 0 fully saturated rings. The minimum Gasteiger partial charge on any atom is -0.298 e. The number of halogens is 1. The highest BCUT2D eigenvalue weighted by molar-refractivity contribution is 7.91. The fraction of sp³-hybridized carbons (Fsp3) is 1.00. The van der Waals surface area contributed by atoms with Crippen LogP contribution in [0, 0.1) is 0 Å². The molecule has 0 aromatic carbocycles. The Labute approximate surface area is 105 Å².